The van der Waals surface area contributed by atoms with E-state index in [1.807, 2.05) is 0 Å². The van der Waals surface area contributed by atoms with Crippen molar-refractivity contribution in [3.8, 4) is 0 Å². The van der Waals surface area contributed by atoms with Gasteiger partial charge in [-0.15, -0.1) is 0 Å². The van der Waals surface area contributed by atoms with Gasteiger partial charge >= 0.3 is 0 Å². The number of likely N-dealkylation sites (tertiary alicyclic amines) is 1. The minimum Gasteiger partial charge on any atom is -0.370 e. The average molecular weight is 287 g/mol. The molecule has 0 radical (unpaired) electrons. The van der Waals surface area contributed by atoms with Crippen LogP contribution >= 0.6 is 0 Å². The summed E-state index contributed by atoms with van der Waals surface area (Å²) >= 11 is 0. The van der Waals surface area contributed by atoms with Gasteiger partial charge in [0.1, 0.15) is 5.82 Å². The van der Waals surface area contributed by atoms with Crippen molar-refractivity contribution in [2.75, 3.05) is 25.0 Å². The van der Waals surface area contributed by atoms with Gasteiger partial charge in [0.25, 0.3) is 0 Å². The molecule has 2 heterocycles. The number of nitrogens with one attached hydrogen (secondary N) is 1. The molecule has 2 unspecified atom stereocenters. The standard InChI is InChI=1S/C18H29N3/c1-2-11-19-18-9-5-8-17(20-18)14-21-12-10-15-6-3-4-7-16(15)13-21/h5,8-9,15-16H,2-4,6-7,10-14H2,1H3,(H,19,20). The van der Waals surface area contributed by atoms with Gasteiger partial charge in [-0.05, 0) is 49.8 Å². The Labute approximate surface area is 129 Å². The largest absolute Gasteiger partial charge is 0.370 e. The number of anilines is 1. The summed E-state index contributed by atoms with van der Waals surface area (Å²) in [6.07, 6.45) is 8.39. The lowest BCUT2D eigenvalue weighted by molar-refractivity contribution is 0.0812. The number of rotatable bonds is 5. The summed E-state index contributed by atoms with van der Waals surface area (Å²) in [5.41, 5.74) is 1.21. The Morgan fingerprint density at radius 3 is 2.90 bits per heavy atom. The fraction of sp³-hybridized carbons (Fsp3) is 0.722. The molecule has 1 aromatic rings. The van der Waals surface area contributed by atoms with E-state index in [9.17, 15) is 0 Å². The molecule has 0 aromatic carbocycles. The molecule has 1 saturated carbocycles. The molecule has 21 heavy (non-hydrogen) atoms. The van der Waals surface area contributed by atoms with Crippen LogP contribution < -0.4 is 5.32 Å². The summed E-state index contributed by atoms with van der Waals surface area (Å²) in [5, 5.41) is 3.39. The molecule has 2 fully saturated rings. The second-order valence-electron chi connectivity index (χ2n) is 6.77. The zero-order valence-corrected chi connectivity index (χ0v) is 13.4. The van der Waals surface area contributed by atoms with Gasteiger partial charge in [0.05, 0.1) is 5.69 Å². The summed E-state index contributed by atoms with van der Waals surface area (Å²) in [6, 6.07) is 6.38. The normalized spacial score (nSPS) is 26.3. The van der Waals surface area contributed by atoms with Crippen LogP contribution in [0.4, 0.5) is 5.82 Å². The first-order chi connectivity index (χ1) is 10.3. The van der Waals surface area contributed by atoms with Gasteiger partial charge < -0.3 is 5.32 Å². The minimum atomic E-state index is 0.953. The number of piperidine rings is 1. The molecule has 116 valence electrons. The fourth-order valence-corrected chi connectivity index (χ4v) is 3.97. The highest BCUT2D eigenvalue weighted by molar-refractivity contribution is 5.35. The second-order valence-corrected chi connectivity index (χ2v) is 6.77. The van der Waals surface area contributed by atoms with E-state index < -0.39 is 0 Å². The smallest absolute Gasteiger partial charge is 0.126 e. The van der Waals surface area contributed by atoms with Gasteiger partial charge in [0, 0.05) is 19.6 Å². The molecular weight excluding hydrogens is 258 g/mol. The monoisotopic (exact) mass is 287 g/mol. The lowest BCUT2D eigenvalue weighted by Gasteiger charge is -2.41. The average Bonchev–Trinajstić information content (AvgIpc) is 2.53. The van der Waals surface area contributed by atoms with Gasteiger partial charge in [0.2, 0.25) is 0 Å². The lowest BCUT2D eigenvalue weighted by Crippen LogP contribution is -2.41. The maximum atomic E-state index is 4.76. The van der Waals surface area contributed by atoms with Crippen molar-refractivity contribution in [2.45, 2.75) is 52.0 Å². The zero-order valence-electron chi connectivity index (χ0n) is 13.4. The molecule has 3 heteroatoms. The van der Waals surface area contributed by atoms with E-state index >= 15 is 0 Å². The van der Waals surface area contributed by atoms with Crippen molar-refractivity contribution in [3.63, 3.8) is 0 Å². The summed E-state index contributed by atoms with van der Waals surface area (Å²) in [6.45, 7) is 6.76. The molecular formula is C18H29N3. The molecule has 1 aromatic heterocycles. The first kappa shape index (κ1) is 14.8. The van der Waals surface area contributed by atoms with Gasteiger partial charge in [-0.3, -0.25) is 4.90 Å². The van der Waals surface area contributed by atoms with E-state index in [-0.39, 0.29) is 0 Å². The second kappa shape index (κ2) is 7.26. The van der Waals surface area contributed by atoms with Crippen LogP contribution in [0.2, 0.25) is 0 Å². The topological polar surface area (TPSA) is 28.2 Å². The van der Waals surface area contributed by atoms with E-state index in [0.29, 0.717) is 0 Å². The minimum absolute atomic E-state index is 0.953. The molecule has 1 aliphatic carbocycles. The highest BCUT2D eigenvalue weighted by atomic mass is 15.1. The first-order valence-corrected chi connectivity index (χ1v) is 8.77. The van der Waals surface area contributed by atoms with Crippen molar-refractivity contribution in [2.24, 2.45) is 11.8 Å². The third-order valence-corrected chi connectivity index (χ3v) is 5.12. The number of pyridine rings is 1. The van der Waals surface area contributed by atoms with Crippen molar-refractivity contribution in [3.05, 3.63) is 23.9 Å². The highest BCUT2D eigenvalue weighted by Crippen LogP contribution is 2.36. The molecule has 0 amide bonds. The molecule has 1 saturated heterocycles. The van der Waals surface area contributed by atoms with Crippen LogP contribution in [0.3, 0.4) is 0 Å². The maximum absolute atomic E-state index is 4.76. The SMILES string of the molecule is CCCNc1cccc(CN2CCC3CCCCC3C2)n1. The third-order valence-electron chi connectivity index (χ3n) is 5.12. The Bertz CT molecular complexity index is 446. The summed E-state index contributed by atoms with van der Waals surface area (Å²) in [4.78, 5) is 7.38. The number of nitrogens with zero attached hydrogens (tertiary/aromatic N) is 2. The van der Waals surface area contributed by atoms with Gasteiger partial charge in [-0.1, -0.05) is 32.3 Å². The summed E-state index contributed by atoms with van der Waals surface area (Å²) in [7, 11) is 0. The van der Waals surface area contributed by atoms with Crippen molar-refractivity contribution in [1.82, 2.24) is 9.88 Å². The van der Waals surface area contributed by atoms with E-state index in [2.05, 4.69) is 35.3 Å². The third kappa shape index (κ3) is 3.97. The van der Waals surface area contributed by atoms with E-state index in [4.69, 9.17) is 4.98 Å². The molecule has 3 nitrogen and oxygen atoms in total. The van der Waals surface area contributed by atoms with E-state index in [1.165, 1.54) is 50.9 Å². The Morgan fingerprint density at radius 2 is 2.05 bits per heavy atom. The predicted molar refractivity (Wildman–Crippen MR) is 88.4 cm³/mol. The Hall–Kier alpha value is -1.09. The van der Waals surface area contributed by atoms with Gasteiger partial charge in [-0.25, -0.2) is 4.98 Å². The summed E-state index contributed by atoms with van der Waals surface area (Å²) < 4.78 is 0. The number of fused-ring (bicyclic) bond motifs is 1. The summed E-state index contributed by atoms with van der Waals surface area (Å²) in [5.74, 6) is 3.00. The molecule has 0 spiro atoms. The molecule has 0 bridgehead atoms. The molecule has 1 aliphatic heterocycles. The van der Waals surface area contributed by atoms with Crippen molar-refractivity contribution < 1.29 is 0 Å². The fourth-order valence-electron chi connectivity index (χ4n) is 3.97. The number of aromatic nitrogens is 1. The predicted octanol–water partition coefficient (Wildman–Crippen LogP) is 3.92. The van der Waals surface area contributed by atoms with Crippen LogP contribution in [0.5, 0.6) is 0 Å². The van der Waals surface area contributed by atoms with E-state index in [0.717, 1.165) is 37.2 Å². The quantitative estimate of drug-likeness (QED) is 0.890. The van der Waals surface area contributed by atoms with E-state index in [1.54, 1.807) is 0 Å². The maximum Gasteiger partial charge on any atom is 0.126 e. The van der Waals surface area contributed by atoms with Gasteiger partial charge in [-0.2, -0.15) is 0 Å². The Morgan fingerprint density at radius 1 is 1.19 bits per heavy atom. The molecule has 2 atom stereocenters. The number of hydrogen-bond acceptors (Lipinski definition) is 3. The molecule has 2 aliphatic rings. The Balaban J connectivity index is 1.56. The Kier molecular flexibility index (Phi) is 5.13. The van der Waals surface area contributed by atoms with Crippen LogP contribution in [0.25, 0.3) is 0 Å². The van der Waals surface area contributed by atoms with Crippen LogP contribution in [-0.4, -0.2) is 29.5 Å². The van der Waals surface area contributed by atoms with Crippen LogP contribution in [0.15, 0.2) is 18.2 Å². The van der Waals surface area contributed by atoms with Crippen LogP contribution in [0, 0.1) is 11.8 Å². The van der Waals surface area contributed by atoms with Crippen LogP contribution in [0.1, 0.15) is 51.1 Å². The van der Waals surface area contributed by atoms with Gasteiger partial charge in [0.15, 0.2) is 0 Å². The van der Waals surface area contributed by atoms with Crippen LogP contribution in [-0.2, 0) is 6.54 Å². The zero-order chi connectivity index (χ0) is 14.5. The number of hydrogen-bond donors (Lipinski definition) is 1. The first-order valence-electron chi connectivity index (χ1n) is 8.77. The van der Waals surface area contributed by atoms with Crippen molar-refractivity contribution >= 4 is 5.82 Å². The van der Waals surface area contributed by atoms with Crippen molar-refractivity contribution in [1.29, 1.82) is 0 Å². The molecule has 1 N–H and O–H groups in total. The lowest BCUT2D eigenvalue weighted by atomic mass is 9.75. The molecule has 3 rings (SSSR count). The highest BCUT2D eigenvalue weighted by Gasteiger charge is 2.30.